The van der Waals surface area contributed by atoms with E-state index in [0.717, 1.165) is 46.4 Å². The number of hydrogen-bond acceptors (Lipinski definition) is 6. The Bertz CT molecular complexity index is 983. The molecule has 0 unspecified atom stereocenters. The lowest BCUT2D eigenvalue weighted by Crippen LogP contribution is -2.19. The van der Waals surface area contributed by atoms with Gasteiger partial charge in [0, 0.05) is 40.4 Å². The Morgan fingerprint density at radius 2 is 1.82 bits per heavy atom. The first kappa shape index (κ1) is 18.9. The maximum absolute atomic E-state index is 12.2. The van der Waals surface area contributed by atoms with E-state index in [1.165, 1.54) is 24.2 Å². The summed E-state index contributed by atoms with van der Waals surface area (Å²) in [6.45, 7) is 4.00. The highest BCUT2D eigenvalue weighted by molar-refractivity contribution is 9.10. The van der Waals surface area contributed by atoms with Crippen molar-refractivity contribution in [3.05, 3.63) is 57.0 Å². The van der Waals surface area contributed by atoms with Crippen molar-refractivity contribution < 1.29 is 4.79 Å². The van der Waals surface area contributed by atoms with E-state index in [9.17, 15) is 4.79 Å². The summed E-state index contributed by atoms with van der Waals surface area (Å²) in [5.41, 5.74) is 1.65. The van der Waals surface area contributed by atoms with Crippen LogP contribution < -0.4 is 15.5 Å². The molecule has 1 aliphatic heterocycles. The number of nitrogens with zero attached hydrogens (tertiary/aromatic N) is 3. The molecule has 6 nitrogen and oxygen atoms in total. The Hall–Kier alpha value is -2.45. The van der Waals surface area contributed by atoms with E-state index in [1.807, 2.05) is 48.7 Å². The van der Waals surface area contributed by atoms with Crippen molar-refractivity contribution in [3.8, 4) is 0 Å². The highest BCUT2D eigenvalue weighted by Crippen LogP contribution is 2.24. The number of thiophene rings is 1. The topological polar surface area (TPSA) is 70.2 Å². The average molecular weight is 458 g/mol. The quantitative estimate of drug-likeness (QED) is 0.550. The van der Waals surface area contributed by atoms with Gasteiger partial charge in [-0.2, -0.15) is 0 Å². The zero-order valence-corrected chi connectivity index (χ0v) is 17.8. The van der Waals surface area contributed by atoms with Gasteiger partial charge in [0.2, 0.25) is 0 Å². The van der Waals surface area contributed by atoms with Gasteiger partial charge >= 0.3 is 0 Å². The Kier molecular flexibility index (Phi) is 5.59. The van der Waals surface area contributed by atoms with Gasteiger partial charge in [-0.25, -0.2) is 9.97 Å². The molecule has 1 aliphatic rings. The molecule has 3 aromatic rings. The summed E-state index contributed by atoms with van der Waals surface area (Å²) < 4.78 is 0.913. The minimum absolute atomic E-state index is 0.113. The largest absolute Gasteiger partial charge is 0.356 e. The summed E-state index contributed by atoms with van der Waals surface area (Å²) in [6, 6.07) is 11.4. The fourth-order valence-electron chi connectivity index (χ4n) is 3.13. The molecule has 0 saturated carbocycles. The van der Waals surface area contributed by atoms with E-state index >= 15 is 0 Å². The number of hydrogen-bond donors (Lipinski definition) is 2. The third-order valence-electron chi connectivity index (χ3n) is 4.46. The number of aromatic nitrogens is 2. The van der Waals surface area contributed by atoms with Gasteiger partial charge in [0.15, 0.2) is 0 Å². The second kappa shape index (κ2) is 8.28. The summed E-state index contributed by atoms with van der Waals surface area (Å²) in [4.78, 5) is 24.3. The second-order valence-corrected chi connectivity index (χ2v) is 8.47. The molecular weight excluding hydrogens is 438 g/mol. The lowest BCUT2D eigenvalue weighted by molar-refractivity contribution is 0.103. The Labute approximate surface area is 176 Å². The molecule has 3 heterocycles. The van der Waals surface area contributed by atoms with Crippen molar-refractivity contribution in [2.24, 2.45) is 0 Å². The predicted octanol–water partition coefficient (Wildman–Crippen LogP) is 5.21. The first-order valence-corrected chi connectivity index (χ1v) is 10.8. The molecule has 1 amide bonds. The minimum atomic E-state index is -0.113. The van der Waals surface area contributed by atoms with Crippen LogP contribution in [0.25, 0.3) is 0 Å². The molecule has 0 spiro atoms. The van der Waals surface area contributed by atoms with Crippen LogP contribution in [0.5, 0.6) is 0 Å². The molecule has 0 aliphatic carbocycles. The maximum atomic E-state index is 12.2. The lowest BCUT2D eigenvalue weighted by atomic mass is 10.2. The zero-order valence-electron chi connectivity index (χ0n) is 15.4. The number of amides is 1. The number of halogens is 1. The van der Waals surface area contributed by atoms with Crippen LogP contribution in [0.2, 0.25) is 0 Å². The SMILES string of the molecule is Cc1nc(Nc2ccc(NC(=O)c3cc(Br)cs3)cc2)cc(N2CCCC2)n1. The monoisotopic (exact) mass is 457 g/mol. The molecule has 1 aromatic carbocycles. The van der Waals surface area contributed by atoms with Gasteiger partial charge in [-0.3, -0.25) is 4.79 Å². The molecule has 4 rings (SSSR count). The molecule has 144 valence electrons. The van der Waals surface area contributed by atoms with E-state index in [1.54, 1.807) is 0 Å². The van der Waals surface area contributed by atoms with Crippen molar-refractivity contribution in [1.82, 2.24) is 9.97 Å². The van der Waals surface area contributed by atoms with Gasteiger partial charge in [-0.15, -0.1) is 11.3 Å². The number of carbonyl (C=O) groups excluding carboxylic acids is 1. The minimum Gasteiger partial charge on any atom is -0.356 e. The van der Waals surface area contributed by atoms with Crippen LogP contribution >= 0.6 is 27.3 Å². The molecule has 8 heteroatoms. The van der Waals surface area contributed by atoms with Crippen molar-refractivity contribution in [2.45, 2.75) is 19.8 Å². The van der Waals surface area contributed by atoms with E-state index in [0.29, 0.717) is 4.88 Å². The molecule has 1 fully saturated rings. The van der Waals surface area contributed by atoms with Crippen molar-refractivity contribution in [1.29, 1.82) is 0 Å². The summed E-state index contributed by atoms with van der Waals surface area (Å²) in [6.07, 6.45) is 2.42. The number of nitrogens with one attached hydrogen (secondary N) is 2. The summed E-state index contributed by atoms with van der Waals surface area (Å²) >= 11 is 4.77. The van der Waals surface area contributed by atoms with E-state index in [-0.39, 0.29) is 5.91 Å². The van der Waals surface area contributed by atoms with Crippen LogP contribution in [0.3, 0.4) is 0 Å². The zero-order chi connectivity index (χ0) is 19.5. The predicted molar refractivity (Wildman–Crippen MR) is 118 cm³/mol. The molecule has 0 bridgehead atoms. The van der Waals surface area contributed by atoms with Crippen LogP contribution in [0, 0.1) is 6.92 Å². The van der Waals surface area contributed by atoms with Gasteiger partial charge in [0.1, 0.15) is 17.5 Å². The first-order chi connectivity index (χ1) is 13.6. The third-order valence-corrected chi connectivity index (χ3v) is 6.15. The molecule has 1 saturated heterocycles. The van der Waals surface area contributed by atoms with E-state index in [4.69, 9.17) is 0 Å². The van der Waals surface area contributed by atoms with E-state index < -0.39 is 0 Å². The van der Waals surface area contributed by atoms with Crippen LogP contribution in [0.1, 0.15) is 28.3 Å². The third kappa shape index (κ3) is 4.51. The fourth-order valence-corrected chi connectivity index (χ4v) is 4.46. The van der Waals surface area contributed by atoms with Gasteiger partial charge in [0.25, 0.3) is 5.91 Å². The Morgan fingerprint density at radius 3 is 2.50 bits per heavy atom. The number of carbonyl (C=O) groups is 1. The summed E-state index contributed by atoms with van der Waals surface area (Å²) in [5, 5.41) is 8.13. The van der Waals surface area contributed by atoms with Crippen molar-refractivity contribution in [3.63, 3.8) is 0 Å². The van der Waals surface area contributed by atoms with Gasteiger partial charge in [0.05, 0.1) is 4.88 Å². The average Bonchev–Trinajstić information content (AvgIpc) is 3.35. The maximum Gasteiger partial charge on any atom is 0.265 e. The fraction of sp³-hybridized carbons (Fsp3) is 0.250. The number of aryl methyl sites for hydroxylation is 1. The van der Waals surface area contributed by atoms with E-state index in [2.05, 4.69) is 41.4 Å². The number of benzene rings is 1. The standard InChI is InChI=1S/C20H20BrN5OS/c1-13-22-18(11-19(23-13)26-8-2-3-9-26)24-15-4-6-16(7-5-15)25-20(27)17-10-14(21)12-28-17/h4-7,10-12H,2-3,8-9H2,1H3,(H,25,27)(H,22,23,24). The molecule has 0 atom stereocenters. The second-order valence-electron chi connectivity index (χ2n) is 6.64. The van der Waals surface area contributed by atoms with Crippen LogP contribution in [0.4, 0.5) is 23.0 Å². The highest BCUT2D eigenvalue weighted by Gasteiger charge is 2.15. The first-order valence-electron chi connectivity index (χ1n) is 9.10. The molecule has 2 N–H and O–H groups in total. The van der Waals surface area contributed by atoms with Crippen LogP contribution in [0.15, 0.2) is 46.3 Å². The Balaban J connectivity index is 1.43. The Morgan fingerprint density at radius 1 is 1.11 bits per heavy atom. The molecule has 0 radical (unpaired) electrons. The van der Waals surface area contributed by atoms with Gasteiger partial charge < -0.3 is 15.5 Å². The van der Waals surface area contributed by atoms with Gasteiger partial charge in [-0.05, 0) is 66.0 Å². The lowest BCUT2D eigenvalue weighted by Gasteiger charge is -2.18. The molecule has 28 heavy (non-hydrogen) atoms. The van der Waals surface area contributed by atoms with Crippen LogP contribution in [-0.4, -0.2) is 29.0 Å². The van der Waals surface area contributed by atoms with Crippen LogP contribution in [-0.2, 0) is 0 Å². The van der Waals surface area contributed by atoms with Crippen molar-refractivity contribution >= 4 is 56.2 Å². The highest BCUT2D eigenvalue weighted by atomic mass is 79.9. The molecular formula is C20H20BrN5OS. The molecule has 2 aromatic heterocycles. The smallest absolute Gasteiger partial charge is 0.265 e. The summed E-state index contributed by atoms with van der Waals surface area (Å²) in [7, 11) is 0. The number of anilines is 4. The van der Waals surface area contributed by atoms with Gasteiger partial charge in [-0.1, -0.05) is 0 Å². The number of rotatable bonds is 5. The normalized spacial score (nSPS) is 13.6. The van der Waals surface area contributed by atoms with Crippen molar-refractivity contribution in [2.75, 3.05) is 28.6 Å². The summed E-state index contributed by atoms with van der Waals surface area (Å²) in [5.74, 6) is 2.38.